The van der Waals surface area contributed by atoms with Crippen molar-refractivity contribution >= 4 is 29.0 Å². The number of anilines is 2. The van der Waals surface area contributed by atoms with Crippen molar-refractivity contribution in [2.45, 2.75) is 0 Å². The summed E-state index contributed by atoms with van der Waals surface area (Å²) >= 11 is 6.18. The van der Waals surface area contributed by atoms with E-state index in [9.17, 15) is 13.6 Å². The Balaban J connectivity index is 1.62. The van der Waals surface area contributed by atoms with Gasteiger partial charge in [-0.2, -0.15) is 0 Å². The molecule has 2 aromatic rings. The molecule has 126 valence electrons. The van der Waals surface area contributed by atoms with E-state index >= 15 is 0 Å². The minimum atomic E-state index is -0.793. The van der Waals surface area contributed by atoms with Crippen molar-refractivity contribution in [3.05, 3.63) is 59.1 Å². The molecule has 7 heteroatoms. The summed E-state index contributed by atoms with van der Waals surface area (Å²) in [5, 5.41) is 2.96. The lowest BCUT2D eigenvalue weighted by atomic mass is 10.2. The Bertz CT molecular complexity index is 728. The van der Waals surface area contributed by atoms with Crippen molar-refractivity contribution in [1.82, 2.24) is 4.90 Å². The molecule has 4 nitrogen and oxygen atoms in total. The number of urea groups is 1. The Labute approximate surface area is 143 Å². The first-order valence-corrected chi connectivity index (χ1v) is 7.93. The zero-order valence-electron chi connectivity index (χ0n) is 12.8. The summed E-state index contributed by atoms with van der Waals surface area (Å²) in [6.45, 7) is 2.06. The molecular weight excluding hydrogens is 336 g/mol. The molecule has 0 radical (unpaired) electrons. The fourth-order valence-electron chi connectivity index (χ4n) is 2.66. The quantitative estimate of drug-likeness (QED) is 0.888. The summed E-state index contributed by atoms with van der Waals surface area (Å²) in [6.07, 6.45) is 0. The average Bonchev–Trinajstić information content (AvgIpc) is 2.59. The number of para-hydroxylation sites is 2. The molecule has 24 heavy (non-hydrogen) atoms. The zero-order chi connectivity index (χ0) is 17.1. The molecule has 2 aromatic carbocycles. The van der Waals surface area contributed by atoms with E-state index in [2.05, 4.69) is 10.2 Å². The van der Waals surface area contributed by atoms with Gasteiger partial charge in [0.05, 0.1) is 10.7 Å². The molecule has 1 N–H and O–H groups in total. The van der Waals surface area contributed by atoms with E-state index < -0.39 is 23.4 Å². The topological polar surface area (TPSA) is 35.6 Å². The number of nitrogens with one attached hydrogen (secondary N) is 1. The number of nitrogens with zero attached hydrogens (tertiary/aromatic N) is 2. The van der Waals surface area contributed by atoms with E-state index in [0.29, 0.717) is 31.2 Å². The van der Waals surface area contributed by atoms with Gasteiger partial charge in [0.15, 0.2) is 0 Å². The van der Waals surface area contributed by atoms with Gasteiger partial charge in [-0.15, -0.1) is 0 Å². The van der Waals surface area contributed by atoms with Gasteiger partial charge >= 0.3 is 6.03 Å². The van der Waals surface area contributed by atoms with E-state index in [4.69, 9.17) is 11.6 Å². The van der Waals surface area contributed by atoms with Crippen LogP contribution in [0.25, 0.3) is 0 Å². The molecule has 1 heterocycles. The number of hydrogen-bond donors (Lipinski definition) is 1. The minimum Gasteiger partial charge on any atom is -0.367 e. The van der Waals surface area contributed by atoms with Crippen molar-refractivity contribution in [2.24, 2.45) is 0 Å². The highest BCUT2D eigenvalue weighted by Crippen LogP contribution is 2.26. The standard InChI is InChI=1S/C17H16ClF2N3O/c18-12-4-1-2-7-15(12)22-8-10-23(11-9-22)17(24)21-16-13(19)5-3-6-14(16)20/h1-7H,8-11H2,(H,21,24). The van der Waals surface area contributed by atoms with Gasteiger partial charge in [-0.25, -0.2) is 13.6 Å². The number of halogens is 3. The van der Waals surface area contributed by atoms with Crippen LogP contribution in [0.15, 0.2) is 42.5 Å². The average molecular weight is 352 g/mol. The summed E-state index contributed by atoms with van der Waals surface area (Å²) in [6, 6.07) is 10.5. The van der Waals surface area contributed by atoms with Crippen LogP contribution in [-0.4, -0.2) is 37.1 Å². The van der Waals surface area contributed by atoms with Crippen LogP contribution >= 0.6 is 11.6 Å². The van der Waals surface area contributed by atoms with Gasteiger partial charge in [0, 0.05) is 26.2 Å². The smallest absolute Gasteiger partial charge is 0.322 e. The molecule has 0 aliphatic carbocycles. The highest BCUT2D eigenvalue weighted by atomic mass is 35.5. The second-order valence-electron chi connectivity index (χ2n) is 5.45. The minimum absolute atomic E-state index is 0.420. The van der Waals surface area contributed by atoms with Gasteiger partial charge in [0.25, 0.3) is 0 Å². The van der Waals surface area contributed by atoms with E-state index in [1.807, 2.05) is 24.3 Å². The molecule has 3 rings (SSSR count). The third-order valence-electron chi connectivity index (χ3n) is 3.95. The lowest BCUT2D eigenvalue weighted by Gasteiger charge is -2.36. The van der Waals surface area contributed by atoms with Gasteiger partial charge in [-0.3, -0.25) is 0 Å². The first-order valence-electron chi connectivity index (χ1n) is 7.55. The zero-order valence-corrected chi connectivity index (χ0v) is 13.6. The van der Waals surface area contributed by atoms with Crippen LogP contribution < -0.4 is 10.2 Å². The molecule has 2 amide bonds. The lowest BCUT2D eigenvalue weighted by molar-refractivity contribution is 0.208. The molecule has 0 bridgehead atoms. The summed E-state index contributed by atoms with van der Waals surface area (Å²) in [7, 11) is 0. The molecule has 1 saturated heterocycles. The van der Waals surface area contributed by atoms with E-state index in [0.717, 1.165) is 17.8 Å². The van der Waals surface area contributed by atoms with Gasteiger partial charge < -0.3 is 15.1 Å². The summed E-state index contributed by atoms with van der Waals surface area (Å²) < 4.78 is 27.2. The molecular formula is C17H16ClF2N3O. The van der Waals surface area contributed by atoms with Gasteiger partial charge in [-0.1, -0.05) is 29.8 Å². The van der Waals surface area contributed by atoms with Crippen LogP contribution in [-0.2, 0) is 0 Å². The molecule has 0 aromatic heterocycles. The predicted molar refractivity (Wildman–Crippen MR) is 90.6 cm³/mol. The molecule has 0 unspecified atom stereocenters. The number of benzene rings is 2. The third-order valence-corrected chi connectivity index (χ3v) is 4.27. The third kappa shape index (κ3) is 3.43. The summed E-state index contributed by atoms with van der Waals surface area (Å²) in [5.74, 6) is -1.59. The molecule has 0 atom stereocenters. The summed E-state index contributed by atoms with van der Waals surface area (Å²) in [4.78, 5) is 15.8. The second kappa shape index (κ2) is 7.05. The first kappa shape index (κ1) is 16.5. The first-order chi connectivity index (χ1) is 11.6. The van der Waals surface area contributed by atoms with Crippen molar-refractivity contribution < 1.29 is 13.6 Å². The number of carbonyl (C=O) groups excluding carboxylic acids is 1. The normalized spacial score (nSPS) is 14.6. The SMILES string of the molecule is O=C(Nc1c(F)cccc1F)N1CCN(c2ccccc2Cl)CC1. The molecule has 0 saturated carbocycles. The van der Waals surface area contributed by atoms with Crippen LogP contribution in [0.2, 0.25) is 5.02 Å². The number of hydrogen-bond acceptors (Lipinski definition) is 2. The van der Waals surface area contributed by atoms with Crippen molar-refractivity contribution in [3.8, 4) is 0 Å². The van der Waals surface area contributed by atoms with E-state index in [1.54, 1.807) is 0 Å². The van der Waals surface area contributed by atoms with Crippen molar-refractivity contribution in [3.63, 3.8) is 0 Å². The molecule has 1 fully saturated rings. The monoisotopic (exact) mass is 351 g/mol. The van der Waals surface area contributed by atoms with Crippen LogP contribution in [0.5, 0.6) is 0 Å². The summed E-state index contributed by atoms with van der Waals surface area (Å²) in [5.41, 5.74) is 0.496. The Morgan fingerprint density at radius 3 is 2.21 bits per heavy atom. The Morgan fingerprint density at radius 1 is 0.958 bits per heavy atom. The van der Waals surface area contributed by atoms with E-state index in [-0.39, 0.29) is 0 Å². The lowest BCUT2D eigenvalue weighted by Crippen LogP contribution is -2.50. The van der Waals surface area contributed by atoms with E-state index in [1.165, 1.54) is 11.0 Å². The van der Waals surface area contributed by atoms with Crippen LogP contribution in [0.4, 0.5) is 25.0 Å². The molecule has 1 aliphatic heterocycles. The van der Waals surface area contributed by atoms with Crippen LogP contribution in [0.3, 0.4) is 0 Å². The number of carbonyl (C=O) groups is 1. The maximum atomic E-state index is 13.6. The van der Waals surface area contributed by atoms with Gasteiger partial charge in [0.2, 0.25) is 0 Å². The van der Waals surface area contributed by atoms with Gasteiger partial charge in [0.1, 0.15) is 17.3 Å². The van der Waals surface area contributed by atoms with Crippen LogP contribution in [0.1, 0.15) is 0 Å². The largest absolute Gasteiger partial charge is 0.367 e. The fraction of sp³-hybridized carbons (Fsp3) is 0.235. The maximum Gasteiger partial charge on any atom is 0.322 e. The molecule has 1 aliphatic rings. The molecule has 0 spiro atoms. The Hall–Kier alpha value is -2.34. The second-order valence-corrected chi connectivity index (χ2v) is 5.86. The maximum absolute atomic E-state index is 13.6. The van der Waals surface area contributed by atoms with Crippen LogP contribution in [0, 0.1) is 11.6 Å². The fourth-order valence-corrected chi connectivity index (χ4v) is 2.92. The highest BCUT2D eigenvalue weighted by molar-refractivity contribution is 6.33. The Kier molecular flexibility index (Phi) is 4.85. The predicted octanol–water partition coefficient (Wildman–Crippen LogP) is 3.97. The number of rotatable bonds is 2. The highest BCUT2D eigenvalue weighted by Gasteiger charge is 2.23. The number of piperazine rings is 1. The van der Waals surface area contributed by atoms with Crippen molar-refractivity contribution in [1.29, 1.82) is 0 Å². The van der Waals surface area contributed by atoms with Crippen molar-refractivity contribution in [2.75, 3.05) is 36.4 Å². The Morgan fingerprint density at radius 2 is 1.58 bits per heavy atom. The number of amides is 2. The van der Waals surface area contributed by atoms with Gasteiger partial charge in [-0.05, 0) is 24.3 Å².